The fourth-order valence-electron chi connectivity index (χ4n) is 4.82. The molecule has 15 heteroatoms. The molecule has 3 amide bonds. The average molecular weight is 636 g/mol. The molecule has 4 N–H and O–H groups in total. The zero-order valence-electron chi connectivity index (χ0n) is 22.7. The summed E-state index contributed by atoms with van der Waals surface area (Å²) in [4.78, 5) is 59.8. The molecule has 6 rings (SSSR count). The number of benzene rings is 2. The number of nitrogens with one attached hydrogen (secondary N) is 3. The Morgan fingerprint density at radius 2 is 1.93 bits per heavy atom. The van der Waals surface area contributed by atoms with E-state index in [0.29, 0.717) is 33.8 Å². The first-order valence-electron chi connectivity index (χ1n) is 13.3. The van der Waals surface area contributed by atoms with Crippen LogP contribution in [0.2, 0.25) is 0 Å². The summed E-state index contributed by atoms with van der Waals surface area (Å²) in [5.41, 5.74) is 2.97. The van der Waals surface area contributed by atoms with Gasteiger partial charge in [-0.25, -0.2) is 9.78 Å². The number of carboxylic acids is 1. The van der Waals surface area contributed by atoms with Crippen molar-refractivity contribution in [3.8, 4) is 0 Å². The summed E-state index contributed by atoms with van der Waals surface area (Å²) >= 11 is 4.28. The number of carbonyl (C=O) groups excluding carboxylic acids is 3. The van der Waals surface area contributed by atoms with Crippen LogP contribution >= 0.6 is 34.9 Å². The van der Waals surface area contributed by atoms with Crippen molar-refractivity contribution in [2.75, 3.05) is 16.8 Å². The summed E-state index contributed by atoms with van der Waals surface area (Å²) in [6.07, 6.45) is 0.680. The predicted molar refractivity (Wildman–Crippen MR) is 164 cm³/mol. The Balaban J connectivity index is 1.10. The lowest BCUT2D eigenvalue weighted by Gasteiger charge is -2.49. The largest absolute Gasteiger partial charge is 0.477 e. The summed E-state index contributed by atoms with van der Waals surface area (Å²) in [6.45, 7) is 1.99. The number of carbonyl (C=O) groups is 4. The van der Waals surface area contributed by atoms with Crippen LogP contribution in [0.5, 0.6) is 0 Å². The fraction of sp³-hybridized carbons (Fsp3) is 0.250. The van der Waals surface area contributed by atoms with Crippen LogP contribution in [0.4, 0.5) is 5.69 Å². The van der Waals surface area contributed by atoms with Crippen molar-refractivity contribution >= 4 is 75.3 Å². The molecule has 0 bridgehead atoms. The number of β-lactam (4-membered cyclic amide) rings is 1. The predicted octanol–water partition coefficient (Wildman–Crippen LogP) is 3.30. The number of hydrogen-bond donors (Lipinski definition) is 4. The third kappa shape index (κ3) is 5.87. The molecule has 2 aromatic heterocycles. The van der Waals surface area contributed by atoms with Crippen LogP contribution in [-0.2, 0) is 27.2 Å². The van der Waals surface area contributed by atoms with Crippen molar-refractivity contribution in [2.24, 2.45) is 0 Å². The standard InChI is InChI=1S/C28H25N7O5S3/c1-2-20-33-34-28(43-20)42-13-15-12-41-26-21(25(38)35(26)22(15)27(39)40)32-19(36)11-14-7-3-4-8-16(14)31-24(37)23-29-17-9-5-6-10-18(17)30-23/h3-10,21,26H,2,11-13H2,1H3,(H,29,30)(H,31,37)(H,32,36)(H,39,40)/t21?,26-/m1/s1. The second-order valence-corrected chi connectivity index (χ2v) is 13.1. The van der Waals surface area contributed by atoms with Gasteiger partial charge in [0.2, 0.25) is 5.91 Å². The molecule has 4 heterocycles. The van der Waals surface area contributed by atoms with Gasteiger partial charge in [0.25, 0.3) is 11.8 Å². The molecule has 12 nitrogen and oxygen atoms in total. The number of aliphatic carboxylic acids is 1. The van der Waals surface area contributed by atoms with Gasteiger partial charge in [-0.1, -0.05) is 60.4 Å². The first kappa shape index (κ1) is 28.9. The van der Waals surface area contributed by atoms with Crippen LogP contribution in [0.15, 0.2) is 64.1 Å². The van der Waals surface area contributed by atoms with Crippen LogP contribution in [0.25, 0.3) is 11.0 Å². The van der Waals surface area contributed by atoms with E-state index in [-0.39, 0.29) is 17.9 Å². The highest BCUT2D eigenvalue weighted by molar-refractivity contribution is 8.01. The highest BCUT2D eigenvalue weighted by Gasteiger charge is 2.54. The summed E-state index contributed by atoms with van der Waals surface area (Å²) in [5, 5.41) is 24.1. The number of para-hydroxylation sites is 3. The number of amides is 3. The minimum atomic E-state index is -1.18. The minimum absolute atomic E-state index is 0.0365. The number of rotatable bonds is 10. The van der Waals surface area contributed by atoms with Crippen molar-refractivity contribution in [2.45, 2.75) is 35.5 Å². The SMILES string of the molecule is CCc1nnc(SCC2=C(C(=O)O)N3C(=O)C(NC(=O)Cc4ccccc4NC(=O)c4nc5ccccc5[nH]4)[C@H]3SC2)s1. The van der Waals surface area contributed by atoms with Crippen LogP contribution in [-0.4, -0.2) is 76.8 Å². The zero-order valence-corrected chi connectivity index (χ0v) is 25.1. The van der Waals surface area contributed by atoms with E-state index in [2.05, 4.69) is 30.8 Å². The third-order valence-electron chi connectivity index (χ3n) is 6.91. The van der Waals surface area contributed by atoms with Crippen molar-refractivity contribution in [3.05, 3.63) is 76.2 Å². The Morgan fingerprint density at radius 3 is 2.70 bits per heavy atom. The number of thioether (sulfide) groups is 2. The molecular formula is C28H25N7O5S3. The highest BCUT2D eigenvalue weighted by Crippen LogP contribution is 2.42. The molecule has 1 saturated heterocycles. The zero-order chi connectivity index (χ0) is 30.1. The quantitative estimate of drug-likeness (QED) is 0.150. The normalized spacial score (nSPS) is 17.9. The van der Waals surface area contributed by atoms with Gasteiger partial charge in [-0.2, -0.15) is 0 Å². The number of anilines is 1. The van der Waals surface area contributed by atoms with Gasteiger partial charge in [0, 0.05) is 17.2 Å². The summed E-state index contributed by atoms with van der Waals surface area (Å²) in [5.74, 6) is -1.60. The molecule has 0 aliphatic carbocycles. The second kappa shape index (κ2) is 12.2. The van der Waals surface area contributed by atoms with E-state index in [1.54, 1.807) is 30.3 Å². The molecule has 0 spiro atoms. The molecule has 2 aromatic carbocycles. The van der Waals surface area contributed by atoms with Crippen LogP contribution in [0.3, 0.4) is 0 Å². The molecule has 43 heavy (non-hydrogen) atoms. The lowest BCUT2D eigenvalue weighted by Crippen LogP contribution is -2.70. The number of carboxylic acid groups (broad SMARTS) is 1. The van der Waals surface area contributed by atoms with Gasteiger partial charge in [-0.15, -0.1) is 22.0 Å². The van der Waals surface area contributed by atoms with Crippen molar-refractivity contribution < 1.29 is 24.3 Å². The van der Waals surface area contributed by atoms with Crippen LogP contribution in [0.1, 0.15) is 28.1 Å². The Morgan fingerprint density at radius 1 is 1.14 bits per heavy atom. The second-order valence-electron chi connectivity index (χ2n) is 9.71. The van der Waals surface area contributed by atoms with Gasteiger partial charge < -0.3 is 20.7 Å². The smallest absolute Gasteiger partial charge is 0.352 e. The van der Waals surface area contributed by atoms with Crippen LogP contribution < -0.4 is 10.6 Å². The van der Waals surface area contributed by atoms with E-state index in [0.717, 1.165) is 21.3 Å². The Kier molecular flexibility index (Phi) is 8.19. The van der Waals surface area contributed by atoms with E-state index in [4.69, 9.17) is 0 Å². The molecule has 220 valence electrons. The molecule has 2 atom stereocenters. The Labute approximate surface area is 257 Å². The summed E-state index contributed by atoms with van der Waals surface area (Å²) < 4.78 is 0.746. The van der Waals surface area contributed by atoms with Gasteiger partial charge in [-0.05, 0) is 35.8 Å². The Bertz CT molecular complexity index is 1750. The minimum Gasteiger partial charge on any atom is -0.477 e. The van der Waals surface area contributed by atoms with Gasteiger partial charge in [0.05, 0.1) is 17.5 Å². The summed E-state index contributed by atoms with van der Waals surface area (Å²) in [7, 11) is 0. The molecule has 4 aromatic rings. The maximum atomic E-state index is 13.1. The van der Waals surface area contributed by atoms with Crippen molar-refractivity contribution in [1.29, 1.82) is 0 Å². The first-order valence-corrected chi connectivity index (χ1v) is 16.2. The van der Waals surface area contributed by atoms with E-state index in [9.17, 15) is 24.3 Å². The molecule has 2 aliphatic heterocycles. The number of hydrogen-bond acceptors (Lipinski definition) is 10. The fourth-order valence-corrected chi connectivity index (χ4v) is 8.14. The lowest BCUT2D eigenvalue weighted by atomic mass is 10.0. The van der Waals surface area contributed by atoms with E-state index >= 15 is 0 Å². The summed E-state index contributed by atoms with van der Waals surface area (Å²) in [6, 6.07) is 13.3. The number of aromatic amines is 1. The van der Waals surface area contributed by atoms with Crippen molar-refractivity contribution in [1.82, 2.24) is 30.4 Å². The highest BCUT2D eigenvalue weighted by atomic mass is 32.2. The topological polar surface area (TPSA) is 170 Å². The van der Waals surface area contributed by atoms with E-state index < -0.39 is 35.1 Å². The van der Waals surface area contributed by atoms with E-state index in [1.807, 2.05) is 25.1 Å². The molecule has 0 radical (unpaired) electrons. The maximum absolute atomic E-state index is 13.1. The number of imidazole rings is 1. The Hall–Kier alpha value is -4.21. The van der Waals surface area contributed by atoms with Gasteiger partial charge in [0.15, 0.2) is 10.2 Å². The average Bonchev–Trinajstić information content (AvgIpc) is 3.66. The molecular weight excluding hydrogens is 611 g/mol. The van der Waals surface area contributed by atoms with Gasteiger partial charge in [0.1, 0.15) is 22.1 Å². The monoisotopic (exact) mass is 635 g/mol. The van der Waals surface area contributed by atoms with Crippen molar-refractivity contribution in [3.63, 3.8) is 0 Å². The van der Waals surface area contributed by atoms with Crippen LogP contribution in [0, 0.1) is 0 Å². The lowest BCUT2D eigenvalue weighted by molar-refractivity contribution is -0.150. The number of aryl methyl sites for hydroxylation is 1. The molecule has 1 unspecified atom stereocenters. The van der Waals surface area contributed by atoms with Gasteiger partial charge in [-0.3, -0.25) is 19.3 Å². The number of fused-ring (bicyclic) bond motifs is 2. The number of nitrogens with zero attached hydrogens (tertiary/aromatic N) is 4. The number of H-pyrrole nitrogens is 1. The molecule has 2 aliphatic rings. The van der Waals surface area contributed by atoms with E-state index in [1.165, 1.54) is 39.8 Å². The number of aromatic nitrogens is 4. The molecule has 0 saturated carbocycles. The van der Waals surface area contributed by atoms with Gasteiger partial charge >= 0.3 is 5.97 Å². The molecule has 1 fully saturated rings. The third-order valence-corrected chi connectivity index (χ3v) is 10.5. The first-order chi connectivity index (χ1) is 20.8. The maximum Gasteiger partial charge on any atom is 0.352 e.